The number of halogens is 1. The first-order chi connectivity index (χ1) is 6.43. The summed E-state index contributed by atoms with van der Waals surface area (Å²) in [7, 11) is 0. The van der Waals surface area contributed by atoms with Gasteiger partial charge in [0.15, 0.2) is 0 Å². The van der Waals surface area contributed by atoms with Crippen molar-refractivity contribution in [3.05, 3.63) is 0 Å². The molecular formula is C10H20ClN3. The fourth-order valence-electron chi connectivity index (χ4n) is 2.91. The number of likely N-dealkylation sites (tertiary alicyclic amines) is 1. The highest BCUT2D eigenvalue weighted by Crippen LogP contribution is 2.26. The van der Waals surface area contributed by atoms with Crippen LogP contribution in [0.1, 0.15) is 12.8 Å². The summed E-state index contributed by atoms with van der Waals surface area (Å²) >= 11 is 0. The monoisotopic (exact) mass is 217 g/mol. The average Bonchev–Trinajstić information content (AvgIpc) is 2.43. The second-order valence-corrected chi connectivity index (χ2v) is 4.73. The van der Waals surface area contributed by atoms with Crippen LogP contribution in [0.15, 0.2) is 0 Å². The van der Waals surface area contributed by atoms with Crippen molar-refractivity contribution in [1.82, 2.24) is 15.5 Å². The molecule has 0 spiro atoms. The van der Waals surface area contributed by atoms with E-state index in [2.05, 4.69) is 15.5 Å². The van der Waals surface area contributed by atoms with Crippen LogP contribution in [0.2, 0.25) is 0 Å². The molecule has 0 unspecified atom stereocenters. The molecule has 2 N–H and O–H groups in total. The van der Waals surface area contributed by atoms with Gasteiger partial charge in [0.25, 0.3) is 0 Å². The molecule has 3 saturated heterocycles. The van der Waals surface area contributed by atoms with Crippen LogP contribution in [0.25, 0.3) is 0 Å². The van der Waals surface area contributed by atoms with Gasteiger partial charge < -0.3 is 10.6 Å². The third-order valence-corrected chi connectivity index (χ3v) is 3.90. The van der Waals surface area contributed by atoms with Gasteiger partial charge in [-0.25, -0.2) is 0 Å². The Balaban J connectivity index is 0.000000750. The predicted octanol–water partition coefficient (Wildman–Crippen LogP) is 0.0638. The highest BCUT2D eigenvalue weighted by molar-refractivity contribution is 5.85. The van der Waals surface area contributed by atoms with Crippen molar-refractivity contribution in [3.8, 4) is 0 Å². The Kier molecular flexibility index (Phi) is 3.32. The number of hydrogen-bond donors (Lipinski definition) is 2. The Morgan fingerprint density at radius 3 is 2.64 bits per heavy atom. The molecule has 0 aliphatic carbocycles. The van der Waals surface area contributed by atoms with E-state index in [0.29, 0.717) is 0 Å². The van der Waals surface area contributed by atoms with Gasteiger partial charge in [0.1, 0.15) is 0 Å². The molecule has 0 bridgehead atoms. The zero-order valence-corrected chi connectivity index (χ0v) is 9.35. The zero-order chi connectivity index (χ0) is 8.67. The standard InChI is InChI=1S/C10H19N3.ClH/c1-2-8-6-13(9-4-11-5-9)7-10(8)12-3-1;/h8-12H,1-7H2;1H/t8-,10+;/m0./s1. The summed E-state index contributed by atoms with van der Waals surface area (Å²) in [5, 5.41) is 7.01. The molecule has 4 heteroatoms. The van der Waals surface area contributed by atoms with E-state index in [1.807, 2.05) is 0 Å². The van der Waals surface area contributed by atoms with E-state index in [1.54, 1.807) is 0 Å². The summed E-state index contributed by atoms with van der Waals surface area (Å²) in [6, 6.07) is 1.67. The molecule has 0 amide bonds. The van der Waals surface area contributed by atoms with Crippen molar-refractivity contribution in [2.24, 2.45) is 5.92 Å². The minimum absolute atomic E-state index is 0. The number of hydrogen-bond acceptors (Lipinski definition) is 3. The first-order valence-corrected chi connectivity index (χ1v) is 5.61. The first-order valence-electron chi connectivity index (χ1n) is 5.61. The topological polar surface area (TPSA) is 27.3 Å². The number of nitrogens with one attached hydrogen (secondary N) is 2. The molecule has 3 heterocycles. The first kappa shape index (κ1) is 10.7. The van der Waals surface area contributed by atoms with Crippen LogP contribution in [0.3, 0.4) is 0 Å². The van der Waals surface area contributed by atoms with Crippen LogP contribution in [0.5, 0.6) is 0 Å². The minimum Gasteiger partial charge on any atom is -0.314 e. The second kappa shape index (κ2) is 4.35. The van der Waals surface area contributed by atoms with Crippen LogP contribution in [0.4, 0.5) is 0 Å². The lowest BCUT2D eigenvalue weighted by Crippen LogP contribution is -2.56. The smallest absolute Gasteiger partial charge is 0.0346 e. The molecule has 2 atom stereocenters. The van der Waals surface area contributed by atoms with Crippen molar-refractivity contribution >= 4 is 12.4 Å². The number of fused-ring (bicyclic) bond motifs is 1. The normalized spacial score (nSPS) is 38.6. The Bertz CT molecular complexity index is 182. The highest BCUT2D eigenvalue weighted by Gasteiger charge is 2.38. The molecule has 82 valence electrons. The zero-order valence-electron chi connectivity index (χ0n) is 8.54. The van der Waals surface area contributed by atoms with Crippen LogP contribution in [0, 0.1) is 5.92 Å². The van der Waals surface area contributed by atoms with Gasteiger partial charge in [-0.3, -0.25) is 4.90 Å². The average molecular weight is 218 g/mol. The Morgan fingerprint density at radius 2 is 2.00 bits per heavy atom. The van der Waals surface area contributed by atoms with E-state index >= 15 is 0 Å². The molecule has 3 aliphatic heterocycles. The highest BCUT2D eigenvalue weighted by atomic mass is 35.5. The predicted molar refractivity (Wildman–Crippen MR) is 60.0 cm³/mol. The Labute approximate surface area is 92.0 Å². The largest absolute Gasteiger partial charge is 0.314 e. The molecule has 14 heavy (non-hydrogen) atoms. The van der Waals surface area contributed by atoms with Crippen molar-refractivity contribution in [2.75, 3.05) is 32.7 Å². The summed E-state index contributed by atoms with van der Waals surface area (Å²) in [6.07, 6.45) is 2.84. The fraction of sp³-hybridized carbons (Fsp3) is 1.00. The van der Waals surface area contributed by atoms with Gasteiger partial charge in [0, 0.05) is 38.3 Å². The number of piperidine rings is 1. The van der Waals surface area contributed by atoms with Gasteiger partial charge in [-0.05, 0) is 25.3 Å². The minimum atomic E-state index is 0. The molecule has 3 nitrogen and oxygen atoms in total. The van der Waals surface area contributed by atoms with Crippen LogP contribution in [-0.4, -0.2) is 49.7 Å². The summed E-state index contributed by atoms with van der Waals surface area (Å²) in [6.45, 7) is 6.35. The summed E-state index contributed by atoms with van der Waals surface area (Å²) in [5.41, 5.74) is 0. The van der Waals surface area contributed by atoms with Gasteiger partial charge >= 0.3 is 0 Å². The lowest BCUT2D eigenvalue weighted by atomic mass is 9.94. The molecule has 0 aromatic rings. The fourth-order valence-corrected chi connectivity index (χ4v) is 2.91. The van der Waals surface area contributed by atoms with Gasteiger partial charge in [-0.1, -0.05) is 0 Å². The van der Waals surface area contributed by atoms with Crippen LogP contribution >= 0.6 is 12.4 Å². The van der Waals surface area contributed by atoms with Gasteiger partial charge in [-0.2, -0.15) is 0 Å². The van der Waals surface area contributed by atoms with Crippen molar-refractivity contribution in [1.29, 1.82) is 0 Å². The van der Waals surface area contributed by atoms with E-state index in [4.69, 9.17) is 0 Å². The lowest BCUT2D eigenvalue weighted by molar-refractivity contribution is 0.172. The van der Waals surface area contributed by atoms with Crippen molar-refractivity contribution in [2.45, 2.75) is 24.9 Å². The molecule has 0 aromatic carbocycles. The maximum atomic E-state index is 3.65. The lowest BCUT2D eigenvalue weighted by Gasteiger charge is -2.35. The Morgan fingerprint density at radius 1 is 1.14 bits per heavy atom. The maximum Gasteiger partial charge on any atom is 0.0346 e. The molecule has 0 saturated carbocycles. The molecule has 3 aliphatic rings. The summed E-state index contributed by atoms with van der Waals surface area (Å²) in [5.74, 6) is 0.953. The molecular weight excluding hydrogens is 198 g/mol. The van der Waals surface area contributed by atoms with E-state index in [9.17, 15) is 0 Å². The van der Waals surface area contributed by atoms with Crippen LogP contribution in [-0.2, 0) is 0 Å². The summed E-state index contributed by atoms with van der Waals surface area (Å²) < 4.78 is 0. The van der Waals surface area contributed by atoms with Gasteiger partial charge in [-0.15, -0.1) is 12.4 Å². The number of nitrogens with zero attached hydrogens (tertiary/aromatic N) is 1. The summed E-state index contributed by atoms with van der Waals surface area (Å²) in [4.78, 5) is 2.68. The van der Waals surface area contributed by atoms with E-state index in [1.165, 1.54) is 45.6 Å². The van der Waals surface area contributed by atoms with E-state index < -0.39 is 0 Å². The maximum absolute atomic E-state index is 3.65. The Hall–Kier alpha value is 0.170. The second-order valence-electron chi connectivity index (χ2n) is 4.73. The number of rotatable bonds is 1. The molecule has 3 fully saturated rings. The molecule has 0 aromatic heterocycles. The SMILES string of the molecule is C1CN[C@@H]2CN(C3CNC3)C[C@@H]2C1.Cl. The van der Waals surface area contributed by atoms with E-state index in [-0.39, 0.29) is 12.4 Å². The van der Waals surface area contributed by atoms with Gasteiger partial charge in [0.05, 0.1) is 0 Å². The van der Waals surface area contributed by atoms with Crippen LogP contribution < -0.4 is 10.6 Å². The molecule has 3 rings (SSSR count). The third-order valence-electron chi connectivity index (χ3n) is 3.90. The third kappa shape index (κ3) is 1.78. The molecule has 0 radical (unpaired) electrons. The van der Waals surface area contributed by atoms with Crippen molar-refractivity contribution < 1.29 is 0 Å². The quantitative estimate of drug-likeness (QED) is 0.651. The van der Waals surface area contributed by atoms with Gasteiger partial charge in [0.2, 0.25) is 0 Å². The van der Waals surface area contributed by atoms with E-state index in [0.717, 1.165) is 18.0 Å². The van der Waals surface area contributed by atoms with Crippen molar-refractivity contribution in [3.63, 3.8) is 0 Å².